The lowest BCUT2D eigenvalue weighted by molar-refractivity contribution is -0.115. The van der Waals surface area contributed by atoms with E-state index in [1.165, 1.54) is 29.5 Å². The van der Waals surface area contributed by atoms with Crippen LogP contribution >= 0.6 is 11.3 Å². The number of halogens is 1. The Hall–Kier alpha value is -2.78. The zero-order chi connectivity index (χ0) is 21.6. The van der Waals surface area contributed by atoms with Gasteiger partial charge in [0.25, 0.3) is 0 Å². The number of ether oxygens (including phenoxy) is 1. The SMILES string of the molecule is CCOc1ccc(-c2nc(CS(=O)(=O)CCC(=O)Nc3ccccc3F)cs2)cc1. The molecular formula is C21H21FN2O4S2. The fraction of sp³-hybridized carbons (Fsp3) is 0.238. The molecule has 3 rings (SSSR count). The Balaban J connectivity index is 1.56. The van der Waals surface area contributed by atoms with Gasteiger partial charge in [-0.15, -0.1) is 11.3 Å². The molecule has 2 aromatic carbocycles. The Morgan fingerprint density at radius 2 is 1.90 bits per heavy atom. The molecule has 0 atom stereocenters. The minimum Gasteiger partial charge on any atom is -0.494 e. The van der Waals surface area contributed by atoms with Gasteiger partial charge in [-0.1, -0.05) is 12.1 Å². The van der Waals surface area contributed by atoms with Crippen LogP contribution in [0.1, 0.15) is 19.0 Å². The van der Waals surface area contributed by atoms with E-state index in [2.05, 4.69) is 10.3 Å². The van der Waals surface area contributed by atoms with Crippen molar-refractivity contribution in [1.82, 2.24) is 4.98 Å². The monoisotopic (exact) mass is 448 g/mol. The zero-order valence-corrected chi connectivity index (χ0v) is 17.9. The molecule has 30 heavy (non-hydrogen) atoms. The Morgan fingerprint density at radius 3 is 2.60 bits per heavy atom. The van der Waals surface area contributed by atoms with Crippen LogP contribution in [0.3, 0.4) is 0 Å². The van der Waals surface area contributed by atoms with E-state index in [0.717, 1.165) is 11.3 Å². The zero-order valence-electron chi connectivity index (χ0n) is 16.3. The van der Waals surface area contributed by atoms with Gasteiger partial charge >= 0.3 is 0 Å². The van der Waals surface area contributed by atoms with Gasteiger partial charge < -0.3 is 10.1 Å². The van der Waals surface area contributed by atoms with Crippen molar-refractivity contribution in [3.8, 4) is 16.3 Å². The first-order chi connectivity index (χ1) is 14.4. The van der Waals surface area contributed by atoms with Gasteiger partial charge in [-0.3, -0.25) is 4.79 Å². The maximum Gasteiger partial charge on any atom is 0.225 e. The lowest BCUT2D eigenvalue weighted by Gasteiger charge is -2.06. The number of nitrogens with one attached hydrogen (secondary N) is 1. The van der Waals surface area contributed by atoms with Gasteiger partial charge in [0, 0.05) is 17.4 Å². The van der Waals surface area contributed by atoms with E-state index in [-0.39, 0.29) is 23.6 Å². The highest BCUT2D eigenvalue weighted by atomic mass is 32.2. The molecule has 1 N–H and O–H groups in total. The third-order valence-electron chi connectivity index (χ3n) is 4.12. The van der Waals surface area contributed by atoms with Crippen LogP contribution in [0.5, 0.6) is 5.75 Å². The van der Waals surface area contributed by atoms with Crippen molar-refractivity contribution < 1.29 is 22.3 Å². The number of carbonyl (C=O) groups is 1. The molecule has 0 unspecified atom stereocenters. The first-order valence-electron chi connectivity index (χ1n) is 9.29. The van der Waals surface area contributed by atoms with Gasteiger partial charge in [0.1, 0.15) is 16.6 Å². The number of thiazole rings is 1. The molecule has 0 spiro atoms. The molecule has 6 nitrogen and oxygen atoms in total. The summed E-state index contributed by atoms with van der Waals surface area (Å²) in [6.07, 6.45) is -0.257. The van der Waals surface area contributed by atoms with Crippen molar-refractivity contribution in [3.63, 3.8) is 0 Å². The topological polar surface area (TPSA) is 85.4 Å². The molecule has 0 aliphatic heterocycles. The highest BCUT2D eigenvalue weighted by Gasteiger charge is 2.17. The van der Waals surface area contributed by atoms with Crippen molar-refractivity contribution in [2.75, 3.05) is 17.7 Å². The molecule has 1 heterocycles. The summed E-state index contributed by atoms with van der Waals surface area (Å²) in [5, 5.41) is 4.79. The summed E-state index contributed by atoms with van der Waals surface area (Å²) < 4.78 is 43.7. The number of hydrogen-bond donors (Lipinski definition) is 1. The Kier molecular flexibility index (Phi) is 7.17. The van der Waals surface area contributed by atoms with Crippen molar-refractivity contribution in [2.24, 2.45) is 0 Å². The van der Waals surface area contributed by atoms with Crippen LogP contribution in [0, 0.1) is 5.82 Å². The molecule has 1 aromatic heterocycles. The average Bonchev–Trinajstić information content (AvgIpc) is 3.17. The van der Waals surface area contributed by atoms with Crippen LogP contribution in [0.2, 0.25) is 0 Å². The number of hydrogen-bond acceptors (Lipinski definition) is 6. The van der Waals surface area contributed by atoms with E-state index >= 15 is 0 Å². The summed E-state index contributed by atoms with van der Waals surface area (Å²) in [5.74, 6) is -0.972. The lowest BCUT2D eigenvalue weighted by Crippen LogP contribution is -2.19. The van der Waals surface area contributed by atoms with E-state index in [4.69, 9.17) is 4.74 Å². The van der Waals surface area contributed by atoms with E-state index in [1.807, 2.05) is 31.2 Å². The highest BCUT2D eigenvalue weighted by molar-refractivity contribution is 7.90. The molecular weight excluding hydrogens is 427 g/mol. The molecule has 1 amide bonds. The molecule has 0 bridgehead atoms. The second-order valence-corrected chi connectivity index (χ2v) is 9.51. The van der Waals surface area contributed by atoms with Gasteiger partial charge in [0.15, 0.2) is 9.84 Å². The van der Waals surface area contributed by atoms with Crippen LogP contribution in [-0.4, -0.2) is 31.7 Å². The number of amides is 1. The fourth-order valence-electron chi connectivity index (χ4n) is 2.69. The normalized spacial score (nSPS) is 11.3. The quantitative estimate of drug-likeness (QED) is 0.528. The van der Waals surface area contributed by atoms with Gasteiger partial charge in [-0.25, -0.2) is 17.8 Å². The molecule has 3 aromatic rings. The lowest BCUT2D eigenvalue weighted by atomic mass is 10.2. The Bertz CT molecular complexity index is 1110. The van der Waals surface area contributed by atoms with Gasteiger partial charge in [0.05, 0.1) is 29.5 Å². The largest absolute Gasteiger partial charge is 0.494 e. The van der Waals surface area contributed by atoms with Crippen LogP contribution in [0.4, 0.5) is 10.1 Å². The van der Waals surface area contributed by atoms with E-state index in [0.29, 0.717) is 17.3 Å². The molecule has 0 aliphatic carbocycles. The first kappa shape index (κ1) is 21.9. The summed E-state index contributed by atoms with van der Waals surface area (Å²) >= 11 is 1.35. The summed E-state index contributed by atoms with van der Waals surface area (Å²) in [6, 6.07) is 13.1. The smallest absolute Gasteiger partial charge is 0.225 e. The number of anilines is 1. The predicted molar refractivity (Wildman–Crippen MR) is 116 cm³/mol. The van der Waals surface area contributed by atoms with E-state index in [1.54, 1.807) is 11.4 Å². The number of aromatic nitrogens is 1. The van der Waals surface area contributed by atoms with Crippen molar-refractivity contribution in [1.29, 1.82) is 0 Å². The number of sulfone groups is 1. The van der Waals surface area contributed by atoms with Gasteiger partial charge in [-0.2, -0.15) is 0 Å². The number of carbonyl (C=O) groups excluding carboxylic acids is 1. The van der Waals surface area contributed by atoms with Gasteiger partial charge in [-0.05, 0) is 43.3 Å². The Labute approximate surface area is 178 Å². The van der Waals surface area contributed by atoms with Crippen LogP contribution in [-0.2, 0) is 20.4 Å². The molecule has 9 heteroatoms. The number of rotatable bonds is 9. The van der Waals surface area contributed by atoms with Crippen LogP contribution < -0.4 is 10.1 Å². The third kappa shape index (κ3) is 6.11. The molecule has 0 saturated carbocycles. The molecule has 0 radical (unpaired) electrons. The number of para-hydroxylation sites is 1. The molecule has 0 fully saturated rings. The maximum atomic E-state index is 13.6. The van der Waals surface area contributed by atoms with Crippen LogP contribution in [0.15, 0.2) is 53.9 Å². The summed E-state index contributed by atoms with van der Waals surface area (Å²) in [6.45, 7) is 2.49. The second kappa shape index (κ2) is 9.82. The predicted octanol–water partition coefficient (Wildman–Crippen LogP) is 4.29. The summed E-state index contributed by atoms with van der Waals surface area (Å²) in [4.78, 5) is 16.4. The van der Waals surface area contributed by atoms with E-state index in [9.17, 15) is 17.6 Å². The minimum absolute atomic E-state index is 0.0272. The fourth-order valence-corrected chi connectivity index (χ4v) is 4.86. The van der Waals surface area contributed by atoms with Crippen LogP contribution in [0.25, 0.3) is 10.6 Å². The third-order valence-corrected chi connectivity index (χ3v) is 6.62. The van der Waals surface area contributed by atoms with Crippen molar-refractivity contribution >= 4 is 32.8 Å². The molecule has 0 aliphatic rings. The summed E-state index contributed by atoms with van der Waals surface area (Å²) in [5.41, 5.74) is 1.33. The van der Waals surface area contributed by atoms with Gasteiger partial charge in [0.2, 0.25) is 5.91 Å². The number of nitrogens with zero attached hydrogens (tertiary/aromatic N) is 1. The minimum atomic E-state index is -3.55. The second-order valence-electron chi connectivity index (χ2n) is 6.47. The molecule has 158 valence electrons. The standard InChI is InChI=1S/C21H21FN2O4S2/c1-2-28-17-9-7-15(8-10-17)21-23-16(13-29-21)14-30(26,27)12-11-20(25)24-19-6-4-3-5-18(19)22/h3-10,13H,2,11-12,14H2,1H3,(H,24,25). The average molecular weight is 449 g/mol. The molecule has 0 saturated heterocycles. The number of benzene rings is 2. The summed E-state index contributed by atoms with van der Waals surface area (Å²) in [7, 11) is -3.55. The van der Waals surface area contributed by atoms with Crippen molar-refractivity contribution in [2.45, 2.75) is 19.1 Å². The Morgan fingerprint density at radius 1 is 1.17 bits per heavy atom. The first-order valence-corrected chi connectivity index (χ1v) is 12.0. The maximum absolute atomic E-state index is 13.6. The van der Waals surface area contributed by atoms with Crippen molar-refractivity contribution in [3.05, 3.63) is 65.4 Å². The highest BCUT2D eigenvalue weighted by Crippen LogP contribution is 2.26. The van der Waals surface area contributed by atoms with E-state index < -0.39 is 21.6 Å².